The Kier molecular flexibility index (Phi) is 4.46. The second kappa shape index (κ2) is 6.09. The van der Waals surface area contributed by atoms with Crippen LogP contribution >= 0.6 is 0 Å². The van der Waals surface area contributed by atoms with Gasteiger partial charge in [-0.2, -0.15) is 0 Å². The Bertz CT molecular complexity index is 454. The van der Waals surface area contributed by atoms with Crippen LogP contribution in [0.15, 0.2) is 18.2 Å². The minimum absolute atomic E-state index is 0.291. The van der Waals surface area contributed by atoms with Crippen molar-refractivity contribution in [1.29, 1.82) is 0 Å². The minimum Gasteiger partial charge on any atom is -0.496 e. The number of ether oxygens (including phenoxy) is 1. The van der Waals surface area contributed by atoms with Crippen molar-refractivity contribution in [2.45, 2.75) is 39.0 Å². The standard InChI is InChI=1S/C16H23NO2/c1-12(2)13-6-7-15(19-3)14(11-13)8-10-17-9-4-5-16(17)18/h6-7,11-12H,4-5,8-10H2,1-3H3. The SMILES string of the molecule is COc1ccc(C(C)C)cc1CCN1CCCC1=O. The van der Waals surface area contributed by atoms with Crippen molar-refractivity contribution in [1.82, 2.24) is 4.90 Å². The lowest BCUT2D eigenvalue weighted by molar-refractivity contribution is -0.127. The largest absolute Gasteiger partial charge is 0.496 e. The summed E-state index contributed by atoms with van der Waals surface area (Å²) in [7, 11) is 1.70. The molecule has 1 aliphatic rings. The van der Waals surface area contributed by atoms with Gasteiger partial charge in [0.05, 0.1) is 7.11 Å². The van der Waals surface area contributed by atoms with Crippen LogP contribution in [-0.4, -0.2) is 31.0 Å². The van der Waals surface area contributed by atoms with E-state index in [4.69, 9.17) is 4.74 Å². The summed E-state index contributed by atoms with van der Waals surface area (Å²) in [5, 5.41) is 0. The Morgan fingerprint density at radius 3 is 2.74 bits per heavy atom. The maximum atomic E-state index is 11.6. The van der Waals surface area contributed by atoms with Gasteiger partial charge < -0.3 is 9.64 Å². The van der Waals surface area contributed by atoms with Crippen molar-refractivity contribution in [3.8, 4) is 5.75 Å². The van der Waals surface area contributed by atoms with E-state index in [0.717, 1.165) is 31.7 Å². The van der Waals surface area contributed by atoms with Gasteiger partial charge in [0, 0.05) is 19.5 Å². The van der Waals surface area contributed by atoms with E-state index in [2.05, 4.69) is 26.0 Å². The van der Waals surface area contributed by atoms with Crippen molar-refractivity contribution in [2.24, 2.45) is 0 Å². The first-order chi connectivity index (χ1) is 9.11. The number of benzene rings is 1. The van der Waals surface area contributed by atoms with Crippen LogP contribution in [-0.2, 0) is 11.2 Å². The van der Waals surface area contributed by atoms with Crippen LogP contribution < -0.4 is 4.74 Å². The Morgan fingerprint density at radius 1 is 1.37 bits per heavy atom. The highest BCUT2D eigenvalue weighted by atomic mass is 16.5. The average molecular weight is 261 g/mol. The molecule has 1 heterocycles. The quantitative estimate of drug-likeness (QED) is 0.815. The molecule has 0 aliphatic carbocycles. The molecule has 3 nitrogen and oxygen atoms in total. The molecular weight excluding hydrogens is 238 g/mol. The van der Waals surface area contributed by atoms with Gasteiger partial charge in [-0.1, -0.05) is 26.0 Å². The number of hydrogen-bond acceptors (Lipinski definition) is 2. The summed E-state index contributed by atoms with van der Waals surface area (Å²) < 4.78 is 5.42. The van der Waals surface area contributed by atoms with E-state index < -0.39 is 0 Å². The molecule has 1 fully saturated rings. The molecule has 19 heavy (non-hydrogen) atoms. The third-order valence-corrected chi connectivity index (χ3v) is 3.79. The Balaban J connectivity index is 2.08. The number of hydrogen-bond donors (Lipinski definition) is 0. The maximum absolute atomic E-state index is 11.6. The molecule has 1 aromatic rings. The van der Waals surface area contributed by atoms with Gasteiger partial charge in [-0.3, -0.25) is 4.79 Å². The number of nitrogens with zero attached hydrogens (tertiary/aromatic N) is 1. The van der Waals surface area contributed by atoms with Crippen molar-refractivity contribution in [3.05, 3.63) is 29.3 Å². The maximum Gasteiger partial charge on any atom is 0.222 e. The number of amides is 1. The van der Waals surface area contributed by atoms with Gasteiger partial charge in [0.25, 0.3) is 0 Å². The van der Waals surface area contributed by atoms with Gasteiger partial charge >= 0.3 is 0 Å². The van der Waals surface area contributed by atoms with E-state index in [9.17, 15) is 4.79 Å². The summed E-state index contributed by atoms with van der Waals surface area (Å²) in [4.78, 5) is 13.6. The molecule has 0 atom stereocenters. The molecule has 0 bridgehead atoms. The second-order valence-corrected chi connectivity index (χ2v) is 5.46. The first-order valence-electron chi connectivity index (χ1n) is 7.06. The molecule has 0 aromatic heterocycles. The van der Waals surface area contributed by atoms with Crippen LogP contribution in [0.3, 0.4) is 0 Å². The van der Waals surface area contributed by atoms with E-state index in [0.29, 0.717) is 18.2 Å². The molecular formula is C16H23NO2. The molecule has 0 unspecified atom stereocenters. The highest BCUT2D eigenvalue weighted by molar-refractivity contribution is 5.78. The van der Waals surface area contributed by atoms with Gasteiger partial charge in [0.1, 0.15) is 5.75 Å². The van der Waals surface area contributed by atoms with Gasteiger partial charge in [-0.25, -0.2) is 0 Å². The van der Waals surface area contributed by atoms with E-state index in [-0.39, 0.29) is 0 Å². The van der Waals surface area contributed by atoms with E-state index in [1.54, 1.807) is 7.11 Å². The zero-order valence-electron chi connectivity index (χ0n) is 12.1. The summed E-state index contributed by atoms with van der Waals surface area (Å²) in [6.07, 6.45) is 2.58. The zero-order chi connectivity index (χ0) is 13.8. The summed E-state index contributed by atoms with van der Waals surface area (Å²) in [6.45, 7) is 6.09. The fourth-order valence-corrected chi connectivity index (χ4v) is 2.55. The van der Waals surface area contributed by atoms with E-state index in [1.807, 2.05) is 11.0 Å². The molecule has 0 saturated carbocycles. The molecule has 0 spiro atoms. The van der Waals surface area contributed by atoms with Crippen molar-refractivity contribution in [3.63, 3.8) is 0 Å². The third-order valence-electron chi connectivity index (χ3n) is 3.79. The smallest absolute Gasteiger partial charge is 0.222 e. The van der Waals surface area contributed by atoms with Gasteiger partial charge in [-0.05, 0) is 36.0 Å². The van der Waals surface area contributed by atoms with E-state index >= 15 is 0 Å². The van der Waals surface area contributed by atoms with Gasteiger partial charge in [0.2, 0.25) is 5.91 Å². The number of carbonyl (C=O) groups excluding carboxylic acids is 1. The Hall–Kier alpha value is -1.51. The summed E-state index contributed by atoms with van der Waals surface area (Å²) >= 11 is 0. The summed E-state index contributed by atoms with van der Waals surface area (Å²) in [5.41, 5.74) is 2.52. The molecule has 3 heteroatoms. The number of likely N-dealkylation sites (tertiary alicyclic amines) is 1. The molecule has 1 amide bonds. The van der Waals surface area contributed by atoms with Crippen LogP contribution in [0.1, 0.15) is 43.7 Å². The molecule has 1 aromatic carbocycles. The molecule has 1 aliphatic heterocycles. The lowest BCUT2D eigenvalue weighted by atomic mass is 9.99. The predicted molar refractivity (Wildman–Crippen MR) is 76.6 cm³/mol. The lowest BCUT2D eigenvalue weighted by Gasteiger charge is -2.17. The van der Waals surface area contributed by atoms with Crippen molar-refractivity contribution >= 4 is 5.91 Å². The molecule has 0 radical (unpaired) electrons. The average Bonchev–Trinajstić information content (AvgIpc) is 2.81. The van der Waals surface area contributed by atoms with Crippen molar-refractivity contribution in [2.75, 3.05) is 20.2 Å². The zero-order valence-corrected chi connectivity index (χ0v) is 12.1. The van der Waals surface area contributed by atoms with Crippen LogP contribution in [0.25, 0.3) is 0 Å². The Morgan fingerprint density at radius 2 is 2.16 bits per heavy atom. The first kappa shape index (κ1) is 13.9. The predicted octanol–water partition coefficient (Wildman–Crippen LogP) is 2.98. The number of methoxy groups -OCH3 is 1. The lowest BCUT2D eigenvalue weighted by Crippen LogP contribution is -2.27. The Labute approximate surface area is 115 Å². The van der Waals surface area contributed by atoms with Gasteiger partial charge in [-0.15, -0.1) is 0 Å². The molecule has 0 N–H and O–H groups in total. The topological polar surface area (TPSA) is 29.5 Å². The van der Waals surface area contributed by atoms with Crippen LogP contribution in [0, 0.1) is 0 Å². The monoisotopic (exact) mass is 261 g/mol. The highest BCUT2D eigenvalue weighted by Gasteiger charge is 2.20. The van der Waals surface area contributed by atoms with Crippen LogP contribution in [0.5, 0.6) is 5.75 Å². The second-order valence-electron chi connectivity index (χ2n) is 5.46. The van der Waals surface area contributed by atoms with Crippen molar-refractivity contribution < 1.29 is 9.53 Å². The van der Waals surface area contributed by atoms with Crippen LogP contribution in [0.2, 0.25) is 0 Å². The minimum atomic E-state index is 0.291. The first-order valence-corrected chi connectivity index (χ1v) is 7.06. The molecule has 1 saturated heterocycles. The van der Waals surface area contributed by atoms with E-state index in [1.165, 1.54) is 11.1 Å². The number of rotatable bonds is 5. The normalized spacial score (nSPS) is 15.4. The fourth-order valence-electron chi connectivity index (χ4n) is 2.55. The van der Waals surface area contributed by atoms with Gasteiger partial charge in [0.15, 0.2) is 0 Å². The summed E-state index contributed by atoms with van der Waals surface area (Å²) in [6, 6.07) is 6.37. The molecule has 104 valence electrons. The molecule has 2 rings (SSSR count). The fraction of sp³-hybridized carbons (Fsp3) is 0.562. The summed E-state index contributed by atoms with van der Waals surface area (Å²) in [5.74, 6) is 1.73. The number of carbonyl (C=O) groups is 1. The van der Waals surface area contributed by atoms with Crippen LogP contribution in [0.4, 0.5) is 0 Å². The third kappa shape index (κ3) is 3.28. The highest BCUT2D eigenvalue weighted by Crippen LogP contribution is 2.25.